The number of ketones is 1. The zero-order valence-corrected chi connectivity index (χ0v) is 24.7. The van der Waals surface area contributed by atoms with E-state index < -0.39 is 13.3 Å². The van der Waals surface area contributed by atoms with Crippen molar-refractivity contribution in [3.63, 3.8) is 0 Å². The van der Waals surface area contributed by atoms with Crippen LogP contribution in [0.25, 0.3) is 0 Å². The van der Waals surface area contributed by atoms with Crippen molar-refractivity contribution in [1.82, 2.24) is 0 Å². The smallest absolute Gasteiger partial charge is 0.807 e. The van der Waals surface area contributed by atoms with Crippen LogP contribution in [0, 0.1) is 11.3 Å². The molecule has 30 heavy (non-hydrogen) atoms. The Balaban J connectivity index is 0.000000743. The van der Waals surface area contributed by atoms with Gasteiger partial charge in [-0.2, -0.15) is 0 Å². The molecule has 0 saturated heterocycles. The van der Waals surface area contributed by atoms with Gasteiger partial charge in [-0.25, -0.2) is 0 Å². The van der Waals surface area contributed by atoms with E-state index in [1.165, 1.54) is 16.7 Å². The molecule has 0 heterocycles. The van der Waals surface area contributed by atoms with E-state index in [0.29, 0.717) is 23.4 Å². The number of aromatic hydroxyl groups is 1. The Morgan fingerprint density at radius 2 is 1.80 bits per heavy atom. The number of phenolic OH excluding ortho intramolecular Hbond substituents is 1. The Bertz CT molecular complexity index is 883. The Labute approximate surface area is 242 Å². The average Bonchev–Trinajstić information content (AvgIpc) is 2.89. The number of carbonyl (C=O) groups is 2. The van der Waals surface area contributed by atoms with E-state index in [2.05, 4.69) is 19.1 Å². The van der Waals surface area contributed by atoms with Gasteiger partial charge in [-0.05, 0) is 62.5 Å². The number of fused-ring (bicyclic) bond motifs is 5. The molecule has 3 aliphatic rings. The van der Waals surface area contributed by atoms with Crippen molar-refractivity contribution in [3.05, 3.63) is 41.0 Å². The number of benzene rings is 1. The third-order valence-electron chi connectivity index (χ3n) is 6.11. The van der Waals surface area contributed by atoms with Crippen LogP contribution in [0.4, 0.5) is 4.79 Å². The maximum absolute atomic E-state index is 12.2. The van der Waals surface area contributed by atoms with Crippen LogP contribution in [0.15, 0.2) is 29.8 Å². The van der Waals surface area contributed by atoms with Gasteiger partial charge in [0.25, 0.3) is 0 Å². The molecular formula is C19H20Na3O7P. The number of carbonyl (C=O) groups excluding carboxylic acids is 2. The minimum atomic E-state index is -5.43. The molecule has 3 aliphatic carbocycles. The molecule has 0 amide bonds. The Morgan fingerprint density at radius 3 is 2.37 bits per heavy atom. The molecule has 1 aromatic rings. The van der Waals surface area contributed by atoms with Crippen molar-refractivity contribution in [2.24, 2.45) is 11.3 Å². The van der Waals surface area contributed by atoms with Gasteiger partial charge in [0.2, 0.25) is 0 Å². The van der Waals surface area contributed by atoms with Gasteiger partial charge in [0.05, 0.1) is 5.71 Å². The molecule has 3 unspecified atom stereocenters. The fourth-order valence-electron chi connectivity index (χ4n) is 4.73. The monoisotopic (exact) mass is 460 g/mol. The fraction of sp³-hybridized carbons (Fsp3) is 0.474. The summed E-state index contributed by atoms with van der Waals surface area (Å²) in [6, 6.07) is 5.79. The molecule has 2 fully saturated rings. The van der Waals surface area contributed by atoms with Gasteiger partial charge in [-0.1, -0.05) is 24.6 Å². The van der Waals surface area contributed by atoms with E-state index in [0.717, 1.165) is 32.1 Å². The third-order valence-corrected chi connectivity index (χ3v) is 6.55. The molecule has 2 saturated carbocycles. The average molecular weight is 460 g/mol. The topological polar surface area (TPSA) is 141 Å². The summed E-state index contributed by atoms with van der Waals surface area (Å²) in [5, 5.41) is 18.7. The van der Waals surface area contributed by atoms with Crippen LogP contribution < -0.4 is 104 Å². The summed E-state index contributed by atoms with van der Waals surface area (Å²) in [7, 11) is -5.43. The van der Waals surface area contributed by atoms with Gasteiger partial charge in [-0.15, -0.1) is 0 Å². The van der Waals surface area contributed by atoms with Crippen LogP contribution in [0.2, 0.25) is 0 Å². The maximum atomic E-state index is 12.2. The summed E-state index contributed by atoms with van der Waals surface area (Å²) in [6.07, 6.45) is 7.11. The number of phenols is 1. The van der Waals surface area contributed by atoms with E-state index in [1.807, 2.05) is 6.07 Å². The van der Waals surface area contributed by atoms with Crippen LogP contribution in [-0.4, -0.2) is 16.6 Å². The maximum Gasteiger partial charge on any atom is 1.00 e. The molecule has 7 nitrogen and oxygen atoms in total. The number of allylic oxidation sites excluding steroid dienone is 2. The van der Waals surface area contributed by atoms with E-state index in [9.17, 15) is 9.90 Å². The van der Waals surface area contributed by atoms with Gasteiger partial charge in [-0.3, -0.25) is 4.79 Å². The van der Waals surface area contributed by atoms with Crippen molar-refractivity contribution in [3.8, 4) is 5.75 Å². The Morgan fingerprint density at radius 1 is 1.20 bits per heavy atom. The standard InChI is InChI=1S/C18H20O2.CH3O5P.3Na/c1-18-9-8-14-13-5-3-12(19)10-11(13)2-4-15(14)16(18)6-7-17(18)20;2-1(3)7(4,5)6;;;/h3-5,10,14,16,19H,2,6-9H2,1H3;(H,2,3)(H2,4,5,6);;;/q;;3*+1/p-3. The second kappa shape index (κ2) is 12.0. The number of carboxylic acid groups (broad SMARTS) is 1. The summed E-state index contributed by atoms with van der Waals surface area (Å²) < 4.78 is 9.14. The molecule has 0 aliphatic heterocycles. The molecule has 1 aromatic carbocycles. The van der Waals surface area contributed by atoms with E-state index >= 15 is 0 Å². The summed E-state index contributed by atoms with van der Waals surface area (Å²) in [6.45, 7) is 2.18. The van der Waals surface area contributed by atoms with Gasteiger partial charge in [0.1, 0.15) is 11.5 Å². The predicted molar refractivity (Wildman–Crippen MR) is 90.7 cm³/mol. The van der Waals surface area contributed by atoms with Gasteiger partial charge >= 0.3 is 88.7 Å². The van der Waals surface area contributed by atoms with Crippen molar-refractivity contribution >= 4 is 19.1 Å². The van der Waals surface area contributed by atoms with Crippen molar-refractivity contribution < 1.29 is 123 Å². The van der Waals surface area contributed by atoms with Crippen molar-refractivity contribution in [2.45, 2.75) is 44.9 Å². The first-order chi connectivity index (χ1) is 12.5. The second-order valence-corrected chi connectivity index (χ2v) is 8.94. The first-order valence-electron chi connectivity index (χ1n) is 8.82. The summed E-state index contributed by atoms with van der Waals surface area (Å²) in [5.41, 5.74) is 1.47. The first-order valence-corrected chi connectivity index (χ1v) is 10.4. The van der Waals surface area contributed by atoms with E-state index in [-0.39, 0.29) is 94.1 Å². The summed E-state index contributed by atoms with van der Waals surface area (Å²) in [4.78, 5) is 39.5. The molecule has 0 spiro atoms. The number of rotatable bonds is 1. The Kier molecular flexibility index (Phi) is 12.4. The fourth-order valence-corrected chi connectivity index (χ4v) is 4.73. The van der Waals surface area contributed by atoms with Crippen LogP contribution in [-0.2, 0) is 15.8 Å². The number of hydrogen-bond donors (Lipinski definition) is 1. The zero-order valence-electron chi connectivity index (χ0n) is 17.8. The van der Waals surface area contributed by atoms with Crippen LogP contribution in [0.1, 0.15) is 49.7 Å². The molecule has 4 rings (SSSR count). The Hall–Kier alpha value is 1.05. The van der Waals surface area contributed by atoms with Crippen LogP contribution >= 0.6 is 7.60 Å². The van der Waals surface area contributed by atoms with Crippen LogP contribution in [0.3, 0.4) is 0 Å². The molecule has 0 radical (unpaired) electrons. The largest absolute Gasteiger partial charge is 1.00 e. The molecule has 3 atom stereocenters. The summed E-state index contributed by atoms with van der Waals surface area (Å²) >= 11 is 0. The minimum absolute atomic E-state index is 0. The van der Waals surface area contributed by atoms with Crippen LogP contribution in [0.5, 0.6) is 5.75 Å². The SMILES string of the molecule is CC12CCC3C(=CCc4cc(O)ccc43)C1CCC2=O.O=C([O-])P(=O)([O-])[O-].[Na+].[Na+].[Na+]. The normalized spacial score (nSPS) is 26.0. The summed E-state index contributed by atoms with van der Waals surface area (Å²) in [5.74, 6) is 1.76. The molecule has 11 heteroatoms. The molecule has 0 aromatic heterocycles. The second-order valence-electron chi connectivity index (χ2n) is 7.58. The van der Waals surface area contributed by atoms with Crippen molar-refractivity contribution in [2.75, 3.05) is 0 Å². The van der Waals surface area contributed by atoms with Gasteiger partial charge in [0, 0.05) is 17.8 Å². The quantitative estimate of drug-likeness (QED) is 0.249. The molecule has 0 bridgehead atoms. The molecule has 146 valence electrons. The predicted octanol–water partition coefficient (Wildman–Crippen LogP) is -8.01. The van der Waals surface area contributed by atoms with Crippen molar-refractivity contribution in [1.29, 1.82) is 0 Å². The van der Waals surface area contributed by atoms with Gasteiger partial charge in [0.15, 0.2) is 0 Å². The number of Topliss-reactive ketones (excluding diaryl/α,β-unsaturated/α-hetero) is 1. The molecule has 1 N–H and O–H groups in total. The third kappa shape index (κ3) is 6.34. The number of hydrogen-bond acceptors (Lipinski definition) is 7. The zero-order chi connectivity index (χ0) is 20.0. The van der Waals surface area contributed by atoms with Gasteiger partial charge < -0.3 is 29.4 Å². The van der Waals surface area contributed by atoms with E-state index in [1.54, 1.807) is 6.07 Å². The first kappa shape index (κ1) is 31.0. The van der Waals surface area contributed by atoms with E-state index in [4.69, 9.17) is 24.3 Å². The molecular weight excluding hydrogens is 440 g/mol. The minimum Gasteiger partial charge on any atom is -0.807 e.